The Morgan fingerprint density at radius 1 is 0.962 bits per heavy atom. The monoisotopic (exact) mass is 369 g/mol. The fraction of sp³-hybridized carbons (Fsp3) is 0.238. The van der Waals surface area contributed by atoms with Gasteiger partial charge < -0.3 is 0 Å². The maximum absolute atomic E-state index is 13.1. The quantitative estimate of drug-likeness (QED) is 0.725. The Morgan fingerprint density at radius 3 is 2.15 bits per heavy atom. The van der Waals surface area contributed by atoms with Crippen LogP contribution in [0.3, 0.4) is 0 Å². The van der Waals surface area contributed by atoms with Crippen molar-refractivity contribution < 1.29 is 14.0 Å². The lowest BCUT2D eigenvalue weighted by molar-refractivity contribution is -0.137. The van der Waals surface area contributed by atoms with Crippen LogP contribution in [0.25, 0.3) is 5.57 Å². The minimum absolute atomic E-state index is 0.134. The lowest BCUT2D eigenvalue weighted by atomic mass is 10.0. The van der Waals surface area contributed by atoms with Gasteiger partial charge in [0.05, 0.1) is 17.0 Å². The summed E-state index contributed by atoms with van der Waals surface area (Å²) < 4.78 is 13.1. The second-order valence-electron chi connectivity index (χ2n) is 6.56. The van der Waals surface area contributed by atoms with Gasteiger partial charge in [0.1, 0.15) is 5.82 Å². The zero-order chi connectivity index (χ0) is 18.8. The second-order valence-corrected chi connectivity index (χ2v) is 8.15. The Kier molecular flexibility index (Phi) is 5.28. The maximum Gasteiger partial charge on any atom is 0.268 e. The van der Waals surface area contributed by atoms with Crippen LogP contribution in [0.4, 0.5) is 4.39 Å². The predicted octanol–water partition coefficient (Wildman–Crippen LogP) is 4.56. The number of benzene rings is 2. The largest absolute Gasteiger partial charge is 0.269 e. The molecule has 1 heterocycles. The van der Waals surface area contributed by atoms with Crippen LogP contribution >= 0.6 is 11.8 Å². The van der Waals surface area contributed by atoms with Gasteiger partial charge in [-0.25, -0.2) is 4.39 Å². The van der Waals surface area contributed by atoms with Crippen LogP contribution in [0, 0.1) is 12.7 Å². The van der Waals surface area contributed by atoms with Gasteiger partial charge in [-0.05, 0) is 30.2 Å². The highest BCUT2D eigenvalue weighted by atomic mass is 32.2. The molecule has 2 aromatic carbocycles. The second kappa shape index (κ2) is 7.46. The third-order valence-electron chi connectivity index (χ3n) is 4.07. The smallest absolute Gasteiger partial charge is 0.268 e. The van der Waals surface area contributed by atoms with Crippen molar-refractivity contribution in [2.45, 2.75) is 32.6 Å². The number of carbonyl (C=O) groups excluding carboxylic acids is 2. The molecule has 0 fully saturated rings. The minimum Gasteiger partial charge on any atom is -0.269 e. The lowest BCUT2D eigenvalue weighted by Crippen LogP contribution is -2.31. The SMILES string of the molecule is Cc1ccc(C2=C(SC(C)C)C(=O)N(Cc3ccc(F)cc3)C2=O)cc1. The Hall–Kier alpha value is -2.40. The molecule has 3 rings (SSSR count). The minimum atomic E-state index is -0.345. The van der Waals surface area contributed by atoms with Gasteiger partial charge in [-0.3, -0.25) is 14.5 Å². The van der Waals surface area contributed by atoms with Crippen molar-refractivity contribution in [2.24, 2.45) is 0 Å². The number of aryl methyl sites for hydroxylation is 1. The molecule has 0 atom stereocenters. The Balaban J connectivity index is 1.97. The molecule has 0 bridgehead atoms. The van der Waals surface area contributed by atoms with Crippen molar-refractivity contribution in [3.63, 3.8) is 0 Å². The lowest BCUT2D eigenvalue weighted by Gasteiger charge is -2.15. The van der Waals surface area contributed by atoms with E-state index in [4.69, 9.17) is 0 Å². The van der Waals surface area contributed by atoms with Crippen LogP contribution in [0.2, 0.25) is 0 Å². The molecule has 134 valence electrons. The first-order valence-corrected chi connectivity index (χ1v) is 9.33. The number of thioether (sulfide) groups is 1. The highest BCUT2D eigenvalue weighted by molar-refractivity contribution is 8.04. The molecule has 1 aliphatic heterocycles. The number of imide groups is 1. The van der Waals surface area contributed by atoms with Crippen molar-refractivity contribution in [3.05, 3.63) is 75.9 Å². The van der Waals surface area contributed by atoms with E-state index in [2.05, 4.69) is 0 Å². The van der Waals surface area contributed by atoms with Crippen molar-refractivity contribution >= 4 is 29.1 Å². The van der Waals surface area contributed by atoms with Crippen LogP contribution in [-0.2, 0) is 16.1 Å². The zero-order valence-electron chi connectivity index (χ0n) is 15.0. The van der Waals surface area contributed by atoms with E-state index in [1.165, 1.54) is 28.8 Å². The van der Waals surface area contributed by atoms with Crippen LogP contribution in [0.1, 0.15) is 30.5 Å². The molecular weight excluding hydrogens is 349 g/mol. The first-order valence-electron chi connectivity index (χ1n) is 8.45. The molecule has 0 saturated heterocycles. The van der Waals surface area contributed by atoms with E-state index >= 15 is 0 Å². The molecule has 2 aromatic rings. The molecule has 0 aliphatic carbocycles. The number of halogens is 1. The van der Waals surface area contributed by atoms with Crippen molar-refractivity contribution in [2.75, 3.05) is 0 Å². The summed E-state index contributed by atoms with van der Waals surface area (Å²) in [5, 5.41) is 0.174. The maximum atomic E-state index is 13.1. The molecule has 2 amide bonds. The molecule has 0 spiro atoms. The highest BCUT2D eigenvalue weighted by Gasteiger charge is 2.39. The van der Waals surface area contributed by atoms with Crippen molar-refractivity contribution in [1.82, 2.24) is 4.90 Å². The van der Waals surface area contributed by atoms with Gasteiger partial charge in [0.25, 0.3) is 11.8 Å². The summed E-state index contributed by atoms with van der Waals surface area (Å²) in [6.07, 6.45) is 0. The molecule has 0 radical (unpaired) electrons. The predicted molar refractivity (Wildman–Crippen MR) is 103 cm³/mol. The molecule has 0 N–H and O–H groups in total. The van der Waals surface area contributed by atoms with Gasteiger partial charge >= 0.3 is 0 Å². The number of hydrogen-bond donors (Lipinski definition) is 0. The Labute approximate surface area is 156 Å². The normalized spacial score (nSPS) is 14.7. The van der Waals surface area contributed by atoms with Gasteiger partial charge in [-0.1, -0.05) is 55.8 Å². The first-order chi connectivity index (χ1) is 12.4. The summed E-state index contributed by atoms with van der Waals surface area (Å²) in [7, 11) is 0. The number of hydrogen-bond acceptors (Lipinski definition) is 3. The number of nitrogens with zero attached hydrogens (tertiary/aromatic N) is 1. The molecule has 0 saturated carbocycles. The van der Waals surface area contributed by atoms with Crippen LogP contribution in [0.5, 0.6) is 0 Å². The average Bonchev–Trinajstić information content (AvgIpc) is 2.82. The highest BCUT2D eigenvalue weighted by Crippen LogP contribution is 2.38. The molecule has 1 aliphatic rings. The van der Waals surface area contributed by atoms with E-state index in [0.29, 0.717) is 16.0 Å². The Morgan fingerprint density at radius 2 is 1.58 bits per heavy atom. The van der Waals surface area contributed by atoms with E-state index in [9.17, 15) is 14.0 Å². The summed E-state index contributed by atoms with van der Waals surface area (Å²) in [5.41, 5.74) is 3.01. The first kappa shape index (κ1) is 18.4. The number of rotatable bonds is 5. The summed E-state index contributed by atoms with van der Waals surface area (Å²) >= 11 is 1.41. The summed E-state index contributed by atoms with van der Waals surface area (Å²) in [4.78, 5) is 27.7. The average molecular weight is 369 g/mol. The molecule has 0 unspecified atom stereocenters. The zero-order valence-corrected chi connectivity index (χ0v) is 15.8. The summed E-state index contributed by atoms with van der Waals surface area (Å²) in [6.45, 7) is 6.09. The number of carbonyl (C=O) groups is 2. The van der Waals surface area contributed by atoms with E-state index in [1.807, 2.05) is 45.0 Å². The Bertz CT molecular complexity index is 870. The van der Waals surface area contributed by atoms with Crippen LogP contribution in [-0.4, -0.2) is 22.0 Å². The van der Waals surface area contributed by atoms with Gasteiger partial charge in [-0.2, -0.15) is 0 Å². The molecule has 26 heavy (non-hydrogen) atoms. The van der Waals surface area contributed by atoms with Gasteiger partial charge in [-0.15, -0.1) is 11.8 Å². The summed E-state index contributed by atoms with van der Waals surface area (Å²) in [6, 6.07) is 13.5. The third-order valence-corrected chi connectivity index (χ3v) is 5.16. The molecular formula is C21H20FNO2S. The standard InChI is InChI=1S/C21H20FNO2S/c1-13(2)26-19-18(16-8-4-14(3)5-9-16)20(24)23(21(19)25)12-15-6-10-17(22)11-7-15/h4-11,13H,12H2,1-3H3. The van der Waals surface area contributed by atoms with E-state index < -0.39 is 0 Å². The van der Waals surface area contributed by atoms with Crippen LogP contribution < -0.4 is 0 Å². The molecule has 5 heteroatoms. The van der Waals surface area contributed by atoms with E-state index in [-0.39, 0.29) is 29.4 Å². The fourth-order valence-electron chi connectivity index (χ4n) is 2.79. The van der Waals surface area contributed by atoms with Gasteiger partial charge in [0.15, 0.2) is 0 Å². The topological polar surface area (TPSA) is 37.4 Å². The molecule has 3 nitrogen and oxygen atoms in total. The third kappa shape index (κ3) is 3.73. The van der Waals surface area contributed by atoms with E-state index in [0.717, 1.165) is 11.1 Å². The van der Waals surface area contributed by atoms with Crippen molar-refractivity contribution in [1.29, 1.82) is 0 Å². The van der Waals surface area contributed by atoms with Gasteiger partial charge in [0.2, 0.25) is 0 Å². The fourth-order valence-corrected chi connectivity index (χ4v) is 3.80. The van der Waals surface area contributed by atoms with Crippen molar-refractivity contribution in [3.8, 4) is 0 Å². The molecule has 0 aromatic heterocycles. The van der Waals surface area contributed by atoms with Crippen LogP contribution in [0.15, 0.2) is 53.4 Å². The number of amides is 2. The summed E-state index contributed by atoms with van der Waals surface area (Å²) in [5.74, 6) is -0.928. The van der Waals surface area contributed by atoms with E-state index in [1.54, 1.807) is 12.1 Å². The van der Waals surface area contributed by atoms with Gasteiger partial charge in [0, 0.05) is 5.25 Å².